The Morgan fingerprint density at radius 2 is 1.92 bits per heavy atom. The van der Waals surface area contributed by atoms with E-state index in [9.17, 15) is 9.59 Å². The summed E-state index contributed by atoms with van der Waals surface area (Å²) in [6.45, 7) is 6.42. The fraction of sp³-hybridized carbons (Fsp3) is 0.474. The highest BCUT2D eigenvalue weighted by molar-refractivity contribution is 5.96. The number of H-pyrrole nitrogens is 1. The number of carbonyl (C=O) groups excluding carboxylic acids is 1. The van der Waals surface area contributed by atoms with Crippen molar-refractivity contribution in [3.63, 3.8) is 0 Å². The van der Waals surface area contributed by atoms with Crippen molar-refractivity contribution < 1.29 is 4.79 Å². The van der Waals surface area contributed by atoms with E-state index in [2.05, 4.69) is 23.7 Å². The van der Waals surface area contributed by atoms with Gasteiger partial charge in [0.15, 0.2) is 0 Å². The van der Waals surface area contributed by atoms with E-state index in [1.165, 1.54) is 0 Å². The Balaban J connectivity index is 1.78. The zero-order chi connectivity index (χ0) is 17.3. The number of nitrogens with zero attached hydrogens (tertiary/aromatic N) is 2. The van der Waals surface area contributed by atoms with Crippen molar-refractivity contribution in [2.45, 2.75) is 38.8 Å². The average molecular weight is 327 g/mol. The van der Waals surface area contributed by atoms with Crippen LogP contribution >= 0.6 is 0 Å². The van der Waals surface area contributed by atoms with E-state index in [1.54, 1.807) is 17.0 Å². The molecule has 0 aliphatic carbocycles. The van der Waals surface area contributed by atoms with Gasteiger partial charge in [-0.15, -0.1) is 0 Å². The van der Waals surface area contributed by atoms with E-state index >= 15 is 0 Å². The molecule has 0 radical (unpaired) electrons. The van der Waals surface area contributed by atoms with Crippen molar-refractivity contribution in [2.75, 3.05) is 20.1 Å². The highest BCUT2D eigenvalue weighted by atomic mass is 16.2. The number of hydrogen-bond acceptors (Lipinski definition) is 3. The van der Waals surface area contributed by atoms with Crippen molar-refractivity contribution >= 4 is 16.7 Å². The normalized spacial score (nSPS) is 16.7. The number of benzene rings is 1. The van der Waals surface area contributed by atoms with Gasteiger partial charge in [0.1, 0.15) is 5.69 Å². The summed E-state index contributed by atoms with van der Waals surface area (Å²) >= 11 is 0. The molecule has 24 heavy (non-hydrogen) atoms. The maximum atomic E-state index is 12.8. The summed E-state index contributed by atoms with van der Waals surface area (Å²) in [7, 11) is 1.84. The predicted octanol–water partition coefficient (Wildman–Crippen LogP) is 2.47. The van der Waals surface area contributed by atoms with Crippen molar-refractivity contribution in [1.82, 2.24) is 14.8 Å². The summed E-state index contributed by atoms with van der Waals surface area (Å²) in [5.41, 5.74) is 0.159. The third-order valence-electron chi connectivity index (χ3n) is 5.08. The molecule has 0 atom stereocenters. The van der Waals surface area contributed by atoms with Crippen LogP contribution in [0.25, 0.3) is 10.8 Å². The highest BCUT2D eigenvalue weighted by Crippen LogP contribution is 2.19. The molecule has 0 bridgehead atoms. The quantitative estimate of drug-likeness (QED) is 0.942. The molecule has 5 nitrogen and oxygen atoms in total. The second-order valence-electron chi connectivity index (χ2n) is 6.88. The Morgan fingerprint density at radius 3 is 2.58 bits per heavy atom. The molecule has 1 aliphatic rings. The summed E-state index contributed by atoms with van der Waals surface area (Å²) in [6, 6.07) is 9.88. The summed E-state index contributed by atoms with van der Waals surface area (Å²) < 4.78 is 0. The number of aromatic nitrogens is 1. The van der Waals surface area contributed by atoms with Gasteiger partial charge >= 0.3 is 0 Å². The van der Waals surface area contributed by atoms with Crippen molar-refractivity contribution in [3.8, 4) is 0 Å². The number of pyridine rings is 1. The first-order chi connectivity index (χ1) is 11.5. The Hall–Kier alpha value is -2.14. The molecule has 0 saturated carbocycles. The molecule has 0 unspecified atom stereocenters. The van der Waals surface area contributed by atoms with Crippen LogP contribution in [0.2, 0.25) is 0 Å². The molecule has 1 aromatic carbocycles. The lowest BCUT2D eigenvalue weighted by molar-refractivity contribution is 0.0610. The summed E-state index contributed by atoms with van der Waals surface area (Å²) in [4.78, 5) is 32.0. The van der Waals surface area contributed by atoms with E-state index in [-0.39, 0.29) is 17.5 Å². The minimum atomic E-state index is -0.209. The molecule has 2 aromatic rings. The first kappa shape index (κ1) is 16.7. The van der Waals surface area contributed by atoms with Crippen LogP contribution < -0.4 is 5.56 Å². The molecule has 1 amide bonds. The third-order valence-corrected chi connectivity index (χ3v) is 5.08. The molecule has 1 aromatic heterocycles. The molecular formula is C19H25N3O2. The maximum absolute atomic E-state index is 12.8. The SMILES string of the molecule is CC(C)N1CCC(N(C)C(=O)c2cc3ccccc3c(=O)[nH]2)CC1. The van der Waals surface area contributed by atoms with Gasteiger partial charge in [0, 0.05) is 37.6 Å². The van der Waals surface area contributed by atoms with Gasteiger partial charge in [-0.2, -0.15) is 0 Å². The van der Waals surface area contributed by atoms with E-state index in [1.807, 2.05) is 25.2 Å². The Bertz CT molecular complexity index is 789. The van der Waals surface area contributed by atoms with Crippen molar-refractivity contribution in [3.05, 3.63) is 46.4 Å². The van der Waals surface area contributed by atoms with Gasteiger partial charge in [0.25, 0.3) is 11.5 Å². The van der Waals surface area contributed by atoms with E-state index in [0.29, 0.717) is 17.1 Å². The van der Waals surface area contributed by atoms with Gasteiger partial charge in [-0.25, -0.2) is 0 Å². The second-order valence-corrected chi connectivity index (χ2v) is 6.88. The standard InChI is InChI=1S/C19H25N3O2/c1-13(2)22-10-8-15(9-11-22)21(3)19(24)17-12-14-6-4-5-7-16(14)18(23)20-17/h4-7,12-13,15H,8-11H2,1-3H3,(H,20,23). The van der Waals surface area contributed by atoms with Crippen LogP contribution in [-0.2, 0) is 0 Å². The molecule has 5 heteroatoms. The second kappa shape index (κ2) is 6.77. The number of rotatable bonds is 3. The minimum Gasteiger partial charge on any atom is -0.337 e. The summed E-state index contributed by atoms with van der Waals surface area (Å²) in [5, 5.41) is 1.41. The largest absolute Gasteiger partial charge is 0.337 e. The molecular weight excluding hydrogens is 302 g/mol. The van der Waals surface area contributed by atoms with Gasteiger partial charge in [-0.3, -0.25) is 9.59 Å². The summed E-state index contributed by atoms with van der Waals surface area (Å²) in [5.74, 6) is -0.110. The fourth-order valence-electron chi connectivity index (χ4n) is 3.47. The van der Waals surface area contributed by atoms with Gasteiger partial charge in [0.05, 0.1) is 0 Å². The van der Waals surface area contributed by atoms with E-state index in [0.717, 1.165) is 31.3 Å². The van der Waals surface area contributed by atoms with Gasteiger partial charge in [-0.05, 0) is 44.2 Å². The number of likely N-dealkylation sites (tertiary alicyclic amines) is 1. The summed E-state index contributed by atoms with van der Waals surface area (Å²) in [6.07, 6.45) is 1.94. The zero-order valence-electron chi connectivity index (χ0n) is 14.6. The number of amides is 1. The monoisotopic (exact) mass is 327 g/mol. The minimum absolute atomic E-state index is 0.110. The van der Waals surface area contributed by atoms with Crippen molar-refractivity contribution in [2.24, 2.45) is 0 Å². The number of fused-ring (bicyclic) bond motifs is 1. The lowest BCUT2D eigenvalue weighted by Crippen LogP contribution is -2.47. The lowest BCUT2D eigenvalue weighted by atomic mass is 10.0. The molecule has 128 valence electrons. The van der Waals surface area contributed by atoms with Crippen LogP contribution in [0.4, 0.5) is 0 Å². The van der Waals surface area contributed by atoms with Crippen LogP contribution in [0.3, 0.4) is 0 Å². The first-order valence-corrected chi connectivity index (χ1v) is 8.60. The smallest absolute Gasteiger partial charge is 0.270 e. The van der Waals surface area contributed by atoms with Crippen LogP contribution in [0.1, 0.15) is 37.2 Å². The van der Waals surface area contributed by atoms with Crippen LogP contribution in [0.15, 0.2) is 35.1 Å². The number of hydrogen-bond donors (Lipinski definition) is 1. The van der Waals surface area contributed by atoms with E-state index < -0.39 is 0 Å². The van der Waals surface area contributed by atoms with Gasteiger partial charge in [0.2, 0.25) is 0 Å². The lowest BCUT2D eigenvalue weighted by Gasteiger charge is -2.38. The fourth-order valence-corrected chi connectivity index (χ4v) is 3.47. The Morgan fingerprint density at radius 1 is 1.25 bits per heavy atom. The van der Waals surface area contributed by atoms with Gasteiger partial charge < -0.3 is 14.8 Å². The molecule has 1 aliphatic heterocycles. The molecule has 1 fully saturated rings. The number of aromatic amines is 1. The first-order valence-electron chi connectivity index (χ1n) is 8.60. The number of carbonyl (C=O) groups is 1. The molecule has 2 heterocycles. The molecule has 0 spiro atoms. The topological polar surface area (TPSA) is 56.4 Å². The van der Waals surface area contributed by atoms with Crippen LogP contribution in [-0.4, -0.2) is 52.9 Å². The van der Waals surface area contributed by atoms with Crippen LogP contribution in [0.5, 0.6) is 0 Å². The third kappa shape index (κ3) is 3.22. The Kier molecular flexibility index (Phi) is 4.71. The predicted molar refractivity (Wildman–Crippen MR) is 96.4 cm³/mol. The van der Waals surface area contributed by atoms with Crippen molar-refractivity contribution in [1.29, 1.82) is 0 Å². The highest BCUT2D eigenvalue weighted by Gasteiger charge is 2.27. The average Bonchev–Trinajstić information content (AvgIpc) is 2.60. The number of nitrogens with one attached hydrogen (secondary N) is 1. The van der Waals surface area contributed by atoms with Crippen LogP contribution in [0, 0.1) is 0 Å². The molecule has 3 rings (SSSR count). The zero-order valence-corrected chi connectivity index (χ0v) is 14.6. The molecule has 1 N–H and O–H groups in total. The number of piperidine rings is 1. The Labute approximate surface area is 142 Å². The molecule has 1 saturated heterocycles. The maximum Gasteiger partial charge on any atom is 0.270 e. The van der Waals surface area contributed by atoms with Gasteiger partial charge in [-0.1, -0.05) is 18.2 Å². The van der Waals surface area contributed by atoms with E-state index in [4.69, 9.17) is 0 Å².